The third-order valence-corrected chi connectivity index (χ3v) is 9.14. The Balaban J connectivity index is 1.59. The van der Waals surface area contributed by atoms with Gasteiger partial charge in [-0.2, -0.15) is 32.5 Å². The topological polar surface area (TPSA) is 106 Å². The van der Waals surface area contributed by atoms with E-state index in [-0.39, 0.29) is 24.7 Å². The van der Waals surface area contributed by atoms with Crippen LogP contribution in [0.2, 0.25) is 0 Å². The Kier molecular flexibility index (Phi) is 6.93. The zero-order chi connectivity index (χ0) is 29.9. The van der Waals surface area contributed by atoms with Crippen molar-refractivity contribution in [2.24, 2.45) is 12.5 Å². The standard InChI is InChI=1S/C26H27F4N7O3S/c1-16-11-21-17(13-32-37(21)19-7-5-18(27)6-8-19)12-20(16)22-15-35(41(39,40)23-14-31-34(4)33-23)9-10-36(22)24(38)25(2,3)26(28,29)30/h5-8,11-14,22H,9-10,15H2,1-4H3/t22-/m0/s1. The molecule has 3 heterocycles. The summed E-state index contributed by atoms with van der Waals surface area (Å²) in [5.41, 5.74) is -0.389. The molecule has 2 aromatic heterocycles. The van der Waals surface area contributed by atoms with Gasteiger partial charge in [-0.1, -0.05) is 0 Å². The number of hydrogen-bond donors (Lipinski definition) is 0. The zero-order valence-corrected chi connectivity index (χ0v) is 23.4. The van der Waals surface area contributed by atoms with Gasteiger partial charge in [0.15, 0.2) is 0 Å². The molecule has 5 rings (SSSR count). The average Bonchev–Trinajstić information content (AvgIpc) is 3.53. The number of aromatic nitrogens is 5. The predicted octanol–water partition coefficient (Wildman–Crippen LogP) is 3.76. The summed E-state index contributed by atoms with van der Waals surface area (Å²) in [6, 6.07) is 8.12. The van der Waals surface area contributed by atoms with E-state index in [1.165, 1.54) is 19.2 Å². The summed E-state index contributed by atoms with van der Waals surface area (Å²) in [4.78, 5) is 15.6. The van der Waals surface area contributed by atoms with E-state index in [0.29, 0.717) is 27.7 Å². The van der Waals surface area contributed by atoms with Crippen LogP contribution in [0.25, 0.3) is 16.6 Å². The van der Waals surface area contributed by atoms with E-state index in [9.17, 15) is 30.8 Å². The van der Waals surface area contributed by atoms with E-state index in [1.807, 2.05) is 0 Å². The van der Waals surface area contributed by atoms with Crippen LogP contribution in [0.4, 0.5) is 17.6 Å². The third-order valence-electron chi connectivity index (χ3n) is 7.42. The van der Waals surface area contributed by atoms with E-state index < -0.39 is 39.4 Å². The van der Waals surface area contributed by atoms with Crippen molar-refractivity contribution in [3.05, 3.63) is 65.7 Å². The maximum absolute atomic E-state index is 13.9. The molecule has 0 spiro atoms. The molecule has 1 saturated heterocycles. The maximum atomic E-state index is 13.9. The molecule has 0 radical (unpaired) electrons. The Labute approximate surface area is 233 Å². The van der Waals surface area contributed by atoms with Crippen LogP contribution in [0.1, 0.15) is 31.0 Å². The van der Waals surface area contributed by atoms with Crippen LogP contribution >= 0.6 is 0 Å². The highest BCUT2D eigenvalue weighted by Gasteiger charge is 2.56. The number of piperazine rings is 1. The van der Waals surface area contributed by atoms with Gasteiger partial charge in [0.25, 0.3) is 10.0 Å². The largest absolute Gasteiger partial charge is 0.402 e. The Morgan fingerprint density at radius 2 is 1.71 bits per heavy atom. The van der Waals surface area contributed by atoms with Gasteiger partial charge in [0.2, 0.25) is 10.9 Å². The number of sulfonamides is 1. The van der Waals surface area contributed by atoms with Crippen LogP contribution in [-0.4, -0.2) is 74.1 Å². The van der Waals surface area contributed by atoms with Crippen LogP contribution in [0.15, 0.2) is 53.8 Å². The van der Waals surface area contributed by atoms with E-state index in [1.54, 1.807) is 42.1 Å². The minimum absolute atomic E-state index is 0.223. The molecule has 0 bridgehead atoms. The first-order chi connectivity index (χ1) is 19.1. The van der Waals surface area contributed by atoms with E-state index >= 15 is 0 Å². The zero-order valence-electron chi connectivity index (χ0n) is 22.6. The molecule has 1 atom stereocenters. The van der Waals surface area contributed by atoms with Gasteiger partial charge in [0.05, 0.1) is 29.6 Å². The van der Waals surface area contributed by atoms with Crippen molar-refractivity contribution in [2.45, 2.75) is 38.0 Å². The fraction of sp³-hybridized carbons (Fsp3) is 0.385. The molecule has 0 unspecified atom stereocenters. The fourth-order valence-electron chi connectivity index (χ4n) is 4.89. The molecule has 0 saturated carbocycles. The first-order valence-corrected chi connectivity index (χ1v) is 14.0. The number of amides is 1. The molecule has 218 valence electrons. The molecule has 1 fully saturated rings. The summed E-state index contributed by atoms with van der Waals surface area (Å²) in [5, 5.41) is 12.4. The van der Waals surface area contributed by atoms with Crippen molar-refractivity contribution in [3.8, 4) is 5.69 Å². The maximum Gasteiger partial charge on any atom is 0.402 e. The van der Waals surface area contributed by atoms with E-state index in [4.69, 9.17) is 0 Å². The molecule has 2 aromatic carbocycles. The first-order valence-electron chi connectivity index (χ1n) is 12.6. The fourth-order valence-corrected chi connectivity index (χ4v) is 6.21. The number of fused-ring (bicyclic) bond motifs is 1. The number of carbonyl (C=O) groups excluding carboxylic acids is 1. The van der Waals surface area contributed by atoms with Gasteiger partial charge >= 0.3 is 6.18 Å². The van der Waals surface area contributed by atoms with Gasteiger partial charge in [-0.05, 0) is 68.3 Å². The highest BCUT2D eigenvalue weighted by molar-refractivity contribution is 7.89. The Morgan fingerprint density at radius 3 is 2.32 bits per heavy atom. The van der Waals surface area contributed by atoms with Gasteiger partial charge in [-0.25, -0.2) is 17.5 Å². The van der Waals surface area contributed by atoms with Crippen LogP contribution in [0.5, 0.6) is 0 Å². The second-order valence-electron chi connectivity index (χ2n) is 10.5. The summed E-state index contributed by atoms with van der Waals surface area (Å²) < 4.78 is 84.7. The molecule has 41 heavy (non-hydrogen) atoms. The lowest BCUT2D eigenvalue weighted by molar-refractivity contribution is -0.219. The van der Waals surface area contributed by atoms with Crippen molar-refractivity contribution >= 4 is 26.8 Å². The number of alkyl halides is 3. The number of rotatable bonds is 5. The lowest BCUT2D eigenvalue weighted by atomic mass is 9.88. The Hall–Kier alpha value is -3.85. The normalized spacial score (nSPS) is 17.4. The van der Waals surface area contributed by atoms with Gasteiger partial charge in [0, 0.05) is 32.1 Å². The Morgan fingerprint density at radius 1 is 1.02 bits per heavy atom. The molecule has 1 aliphatic heterocycles. The number of carbonyl (C=O) groups is 1. The minimum Gasteiger partial charge on any atom is -0.332 e. The lowest BCUT2D eigenvalue weighted by Gasteiger charge is -2.44. The predicted molar refractivity (Wildman–Crippen MR) is 140 cm³/mol. The lowest BCUT2D eigenvalue weighted by Crippen LogP contribution is -2.57. The van der Waals surface area contributed by atoms with Crippen molar-refractivity contribution in [1.29, 1.82) is 0 Å². The molecular formula is C26H27F4N7O3S. The molecule has 4 aromatic rings. The average molecular weight is 594 g/mol. The highest BCUT2D eigenvalue weighted by Crippen LogP contribution is 2.42. The van der Waals surface area contributed by atoms with Crippen LogP contribution < -0.4 is 0 Å². The Bertz CT molecular complexity index is 1730. The summed E-state index contributed by atoms with van der Waals surface area (Å²) in [7, 11) is -2.69. The molecule has 0 N–H and O–H groups in total. The van der Waals surface area contributed by atoms with Crippen LogP contribution in [0, 0.1) is 18.2 Å². The van der Waals surface area contributed by atoms with E-state index in [2.05, 4.69) is 15.3 Å². The summed E-state index contributed by atoms with van der Waals surface area (Å²) in [6.07, 6.45) is -2.19. The second kappa shape index (κ2) is 9.91. The highest BCUT2D eigenvalue weighted by atomic mass is 32.2. The summed E-state index contributed by atoms with van der Waals surface area (Å²) in [6.45, 7) is 2.57. The number of nitrogens with zero attached hydrogens (tertiary/aromatic N) is 7. The number of halogens is 4. The van der Waals surface area contributed by atoms with Gasteiger partial charge < -0.3 is 4.90 Å². The number of benzene rings is 2. The number of aryl methyl sites for hydroxylation is 2. The molecule has 10 nitrogen and oxygen atoms in total. The van der Waals surface area contributed by atoms with Crippen LogP contribution in [0.3, 0.4) is 0 Å². The molecule has 15 heteroatoms. The van der Waals surface area contributed by atoms with Crippen LogP contribution in [-0.2, 0) is 21.9 Å². The van der Waals surface area contributed by atoms with Crippen molar-refractivity contribution in [2.75, 3.05) is 19.6 Å². The van der Waals surface area contributed by atoms with E-state index in [0.717, 1.165) is 34.0 Å². The summed E-state index contributed by atoms with van der Waals surface area (Å²) in [5.74, 6) is -1.57. The van der Waals surface area contributed by atoms with Gasteiger partial charge in [-0.15, -0.1) is 5.10 Å². The van der Waals surface area contributed by atoms with Gasteiger partial charge in [0.1, 0.15) is 11.2 Å². The molecular weight excluding hydrogens is 566 g/mol. The minimum atomic E-state index is -4.83. The quantitative estimate of drug-likeness (QED) is 0.327. The SMILES string of the molecule is Cc1cc2c(cnn2-c2ccc(F)cc2)cc1[C@@H]1CN(S(=O)(=O)c2cnn(C)n2)CCN1C(=O)C(C)(C)C(F)(F)F. The second-order valence-corrected chi connectivity index (χ2v) is 12.4. The first kappa shape index (κ1) is 28.7. The molecule has 1 amide bonds. The van der Waals surface area contributed by atoms with Crippen molar-refractivity contribution in [1.82, 2.24) is 34.0 Å². The molecule has 1 aliphatic rings. The summed E-state index contributed by atoms with van der Waals surface area (Å²) >= 11 is 0. The third kappa shape index (κ3) is 4.96. The monoisotopic (exact) mass is 593 g/mol. The molecule has 0 aliphatic carbocycles. The van der Waals surface area contributed by atoms with Gasteiger partial charge in [-0.3, -0.25) is 4.79 Å². The number of hydrogen-bond acceptors (Lipinski definition) is 6. The van der Waals surface area contributed by atoms with Crippen molar-refractivity contribution < 1.29 is 30.8 Å². The van der Waals surface area contributed by atoms with Crippen molar-refractivity contribution in [3.63, 3.8) is 0 Å². The smallest absolute Gasteiger partial charge is 0.332 e.